The maximum atomic E-state index is 4.46. The maximum absolute atomic E-state index is 4.46. The molecule has 0 saturated heterocycles. The van der Waals surface area contributed by atoms with Crippen molar-refractivity contribution in [3.05, 3.63) is 52.4 Å². The summed E-state index contributed by atoms with van der Waals surface area (Å²) in [7, 11) is 0. The summed E-state index contributed by atoms with van der Waals surface area (Å²) in [5.41, 5.74) is 6.93. The highest BCUT2D eigenvalue weighted by Gasteiger charge is 2.26. The number of rotatable bonds is 1. The Morgan fingerprint density at radius 1 is 0.933 bits per heavy atom. The summed E-state index contributed by atoms with van der Waals surface area (Å²) in [6.45, 7) is 8.84. The Morgan fingerprint density at radius 3 is 2.00 bits per heavy atom. The standard InChI is InChI=1S/C14H17N/c1-9-10(2)12(4)14(11(9)3)13-7-5-6-8-15-13/h5-8,14H,1-4H3. The van der Waals surface area contributed by atoms with E-state index in [-0.39, 0.29) is 0 Å². The first kappa shape index (κ1) is 10.2. The number of pyridine rings is 1. The van der Waals surface area contributed by atoms with Gasteiger partial charge in [-0.15, -0.1) is 0 Å². The average molecular weight is 199 g/mol. The lowest BCUT2D eigenvalue weighted by Crippen LogP contribution is -2.01. The molecular weight excluding hydrogens is 182 g/mol. The van der Waals surface area contributed by atoms with Crippen molar-refractivity contribution in [1.82, 2.24) is 4.98 Å². The molecule has 1 aliphatic rings. The minimum Gasteiger partial charge on any atom is -0.260 e. The van der Waals surface area contributed by atoms with E-state index in [4.69, 9.17) is 0 Å². The molecule has 1 nitrogen and oxygen atoms in total. The highest BCUT2D eigenvalue weighted by molar-refractivity contribution is 5.52. The Labute approximate surface area is 91.6 Å². The highest BCUT2D eigenvalue weighted by Crippen LogP contribution is 2.42. The molecule has 0 atom stereocenters. The minimum atomic E-state index is 0.409. The van der Waals surface area contributed by atoms with Gasteiger partial charge in [-0.2, -0.15) is 0 Å². The van der Waals surface area contributed by atoms with Crippen LogP contribution in [0.1, 0.15) is 39.3 Å². The summed E-state index contributed by atoms with van der Waals surface area (Å²) in [4.78, 5) is 4.46. The summed E-state index contributed by atoms with van der Waals surface area (Å²) >= 11 is 0. The van der Waals surface area contributed by atoms with Crippen LogP contribution < -0.4 is 0 Å². The third kappa shape index (κ3) is 1.52. The lowest BCUT2D eigenvalue weighted by molar-refractivity contribution is 0.886. The summed E-state index contributed by atoms with van der Waals surface area (Å²) in [5.74, 6) is 0.409. The molecule has 0 aliphatic heterocycles. The average Bonchev–Trinajstić information content (AvgIpc) is 2.45. The van der Waals surface area contributed by atoms with Gasteiger partial charge in [-0.1, -0.05) is 17.2 Å². The van der Waals surface area contributed by atoms with Crippen molar-refractivity contribution in [3.8, 4) is 0 Å². The lowest BCUT2D eigenvalue weighted by atomic mass is 9.93. The topological polar surface area (TPSA) is 12.9 Å². The summed E-state index contributed by atoms with van der Waals surface area (Å²) in [5, 5.41) is 0. The zero-order valence-electron chi connectivity index (χ0n) is 9.83. The van der Waals surface area contributed by atoms with E-state index >= 15 is 0 Å². The van der Waals surface area contributed by atoms with Gasteiger partial charge in [0.2, 0.25) is 0 Å². The van der Waals surface area contributed by atoms with Crippen LogP contribution in [0.2, 0.25) is 0 Å². The molecule has 0 spiro atoms. The second-order valence-electron chi connectivity index (χ2n) is 4.30. The fourth-order valence-electron chi connectivity index (χ4n) is 2.34. The molecule has 1 aromatic rings. The minimum absolute atomic E-state index is 0.409. The van der Waals surface area contributed by atoms with Gasteiger partial charge in [0.1, 0.15) is 0 Å². The zero-order valence-corrected chi connectivity index (χ0v) is 9.83. The number of nitrogens with zero attached hydrogens (tertiary/aromatic N) is 1. The van der Waals surface area contributed by atoms with Crippen molar-refractivity contribution in [2.75, 3.05) is 0 Å². The number of hydrogen-bond donors (Lipinski definition) is 0. The monoisotopic (exact) mass is 199 g/mol. The molecule has 1 heterocycles. The second kappa shape index (κ2) is 3.65. The van der Waals surface area contributed by atoms with Crippen molar-refractivity contribution < 1.29 is 0 Å². The van der Waals surface area contributed by atoms with E-state index < -0.39 is 0 Å². The molecule has 1 aliphatic carbocycles. The van der Waals surface area contributed by atoms with Gasteiger partial charge in [-0.05, 0) is 51.0 Å². The lowest BCUT2D eigenvalue weighted by Gasteiger charge is -2.13. The molecule has 0 unspecified atom stereocenters. The van der Waals surface area contributed by atoms with Gasteiger partial charge in [0.05, 0.1) is 5.69 Å². The third-order valence-electron chi connectivity index (χ3n) is 3.60. The Hall–Kier alpha value is -1.37. The number of hydrogen-bond acceptors (Lipinski definition) is 1. The fourth-order valence-corrected chi connectivity index (χ4v) is 2.34. The van der Waals surface area contributed by atoms with Crippen LogP contribution in [0.5, 0.6) is 0 Å². The predicted molar refractivity (Wildman–Crippen MR) is 63.7 cm³/mol. The van der Waals surface area contributed by atoms with Crippen LogP contribution in [0.25, 0.3) is 0 Å². The Kier molecular flexibility index (Phi) is 2.47. The van der Waals surface area contributed by atoms with Crippen LogP contribution in [0, 0.1) is 0 Å². The molecule has 0 radical (unpaired) electrons. The van der Waals surface area contributed by atoms with Crippen molar-refractivity contribution in [2.24, 2.45) is 0 Å². The van der Waals surface area contributed by atoms with E-state index in [1.54, 1.807) is 0 Å². The predicted octanol–water partition coefficient (Wildman–Crippen LogP) is 3.85. The molecule has 2 rings (SSSR count). The van der Waals surface area contributed by atoms with E-state index in [2.05, 4.69) is 44.8 Å². The molecule has 0 aromatic carbocycles. The Bertz CT molecular complexity index is 414. The van der Waals surface area contributed by atoms with Gasteiger partial charge < -0.3 is 0 Å². The number of allylic oxidation sites excluding steroid dienone is 4. The summed E-state index contributed by atoms with van der Waals surface area (Å²) < 4.78 is 0. The van der Waals surface area contributed by atoms with Crippen LogP contribution >= 0.6 is 0 Å². The zero-order chi connectivity index (χ0) is 11.0. The quantitative estimate of drug-likeness (QED) is 0.669. The molecular formula is C14H17N. The molecule has 0 saturated carbocycles. The van der Waals surface area contributed by atoms with Gasteiger partial charge in [0, 0.05) is 12.1 Å². The van der Waals surface area contributed by atoms with E-state index in [0.717, 1.165) is 0 Å². The van der Waals surface area contributed by atoms with Crippen LogP contribution in [-0.4, -0.2) is 4.98 Å². The van der Waals surface area contributed by atoms with E-state index in [0.29, 0.717) is 5.92 Å². The van der Waals surface area contributed by atoms with E-state index in [9.17, 15) is 0 Å². The van der Waals surface area contributed by atoms with Gasteiger partial charge >= 0.3 is 0 Å². The molecule has 1 aromatic heterocycles. The van der Waals surface area contributed by atoms with Gasteiger partial charge in [-0.25, -0.2) is 0 Å². The largest absolute Gasteiger partial charge is 0.260 e. The van der Waals surface area contributed by atoms with Crippen molar-refractivity contribution in [3.63, 3.8) is 0 Å². The molecule has 15 heavy (non-hydrogen) atoms. The fraction of sp³-hybridized carbons (Fsp3) is 0.357. The maximum Gasteiger partial charge on any atom is 0.0515 e. The van der Waals surface area contributed by atoms with Crippen molar-refractivity contribution in [1.29, 1.82) is 0 Å². The Morgan fingerprint density at radius 2 is 1.53 bits per heavy atom. The normalized spacial score (nSPS) is 17.9. The highest BCUT2D eigenvalue weighted by atomic mass is 14.7. The second-order valence-corrected chi connectivity index (χ2v) is 4.30. The van der Waals surface area contributed by atoms with Gasteiger partial charge in [0.25, 0.3) is 0 Å². The SMILES string of the molecule is CC1=C(C)C(c2ccccn2)C(C)=C1C. The molecule has 0 bridgehead atoms. The molecule has 0 amide bonds. The molecule has 0 fully saturated rings. The molecule has 0 N–H and O–H groups in total. The summed E-state index contributed by atoms with van der Waals surface area (Å²) in [6.07, 6.45) is 1.87. The van der Waals surface area contributed by atoms with Crippen LogP contribution in [0.15, 0.2) is 46.7 Å². The first-order chi connectivity index (χ1) is 7.13. The van der Waals surface area contributed by atoms with Crippen LogP contribution in [0.3, 0.4) is 0 Å². The Balaban J connectivity index is 2.50. The first-order valence-electron chi connectivity index (χ1n) is 5.39. The van der Waals surface area contributed by atoms with Gasteiger partial charge in [0.15, 0.2) is 0 Å². The summed E-state index contributed by atoms with van der Waals surface area (Å²) in [6, 6.07) is 6.14. The van der Waals surface area contributed by atoms with Crippen molar-refractivity contribution in [2.45, 2.75) is 33.6 Å². The third-order valence-corrected chi connectivity index (χ3v) is 3.60. The molecule has 1 heteroatoms. The molecule has 78 valence electrons. The van der Waals surface area contributed by atoms with E-state index in [1.807, 2.05) is 12.3 Å². The number of aromatic nitrogens is 1. The van der Waals surface area contributed by atoms with Gasteiger partial charge in [-0.3, -0.25) is 4.98 Å². The van der Waals surface area contributed by atoms with Crippen LogP contribution in [-0.2, 0) is 0 Å². The first-order valence-corrected chi connectivity index (χ1v) is 5.39. The smallest absolute Gasteiger partial charge is 0.0515 e. The van der Waals surface area contributed by atoms with E-state index in [1.165, 1.54) is 28.0 Å². The van der Waals surface area contributed by atoms with Crippen molar-refractivity contribution >= 4 is 0 Å². The van der Waals surface area contributed by atoms with Crippen LogP contribution in [0.4, 0.5) is 0 Å².